The molecule has 24 heavy (non-hydrogen) atoms. The van der Waals surface area contributed by atoms with E-state index >= 15 is 0 Å². The molecule has 1 unspecified atom stereocenters. The molecule has 0 saturated heterocycles. The first kappa shape index (κ1) is 16.6. The summed E-state index contributed by atoms with van der Waals surface area (Å²) in [5, 5.41) is 2.25. The molecule has 3 heteroatoms. The second kappa shape index (κ2) is 7.08. The van der Waals surface area contributed by atoms with E-state index in [1.54, 1.807) is 0 Å². The summed E-state index contributed by atoms with van der Waals surface area (Å²) in [7, 11) is 0. The molecule has 1 aliphatic rings. The highest BCUT2D eigenvalue weighted by Crippen LogP contribution is 2.40. The molecular weight excluding hydrogens is 300 g/mol. The normalized spacial score (nSPS) is 16.2. The summed E-state index contributed by atoms with van der Waals surface area (Å²) in [4.78, 5) is 12.1. The fourth-order valence-electron chi connectivity index (χ4n) is 3.11. The van der Waals surface area contributed by atoms with E-state index in [0.717, 1.165) is 40.5 Å². The molecule has 0 radical (unpaired) electrons. The minimum absolute atomic E-state index is 0.0632. The van der Waals surface area contributed by atoms with Gasteiger partial charge >= 0.3 is 5.97 Å². The van der Waals surface area contributed by atoms with Gasteiger partial charge in [0.2, 0.25) is 0 Å². The third kappa shape index (κ3) is 3.30. The summed E-state index contributed by atoms with van der Waals surface area (Å²) in [6.07, 6.45) is 3.90. The van der Waals surface area contributed by atoms with Gasteiger partial charge in [0, 0.05) is 23.6 Å². The van der Waals surface area contributed by atoms with Crippen LogP contribution in [0.4, 0.5) is 0 Å². The molecule has 2 aromatic rings. The summed E-state index contributed by atoms with van der Waals surface area (Å²) < 4.78 is 11.8. The van der Waals surface area contributed by atoms with Crippen molar-refractivity contribution in [3.05, 3.63) is 53.6 Å². The van der Waals surface area contributed by atoms with Crippen LogP contribution in [0.3, 0.4) is 0 Å². The number of esters is 1. The maximum Gasteiger partial charge on any atom is 0.306 e. The molecule has 126 valence electrons. The first-order valence-corrected chi connectivity index (χ1v) is 8.70. The van der Waals surface area contributed by atoms with Crippen LogP contribution in [0.1, 0.15) is 57.3 Å². The molecule has 0 spiro atoms. The summed E-state index contributed by atoms with van der Waals surface area (Å²) in [6, 6.07) is 12.3. The van der Waals surface area contributed by atoms with Gasteiger partial charge in [0.25, 0.3) is 0 Å². The Hall–Kier alpha value is -2.29. The SMILES string of the molecule is CCCCC(=O)OC1C=C(OC(C)C)c2cccc3cccc1c23. The van der Waals surface area contributed by atoms with Crippen molar-refractivity contribution in [3.8, 4) is 0 Å². The van der Waals surface area contributed by atoms with E-state index < -0.39 is 0 Å². The van der Waals surface area contributed by atoms with Crippen molar-refractivity contribution in [2.45, 2.75) is 52.2 Å². The lowest BCUT2D eigenvalue weighted by Crippen LogP contribution is -2.15. The fraction of sp³-hybridized carbons (Fsp3) is 0.381. The van der Waals surface area contributed by atoms with Gasteiger partial charge in [0.1, 0.15) is 11.9 Å². The Balaban J connectivity index is 2.02. The summed E-state index contributed by atoms with van der Waals surface area (Å²) in [5.41, 5.74) is 2.10. The molecule has 0 saturated carbocycles. The summed E-state index contributed by atoms with van der Waals surface area (Å²) in [6.45, 7) is 6.08. The van der Waals surface area contributed by atoms with Crippen molar-refractivity contribution in [2.24, 2.45) is 0 Å². The lowest BCUT2D eigenvalue weighted by atomic mass is 9.90. The van der Waals surface area contributed by atoms with Crippen LogP contribution in [0.25, 0.3) is 16.5 Å². The van der Waals surface area contributed by atoms with Crippen molar-refractivity contribution in [3.63, 3.8) is 0 Å². The van der Waals surface area contributed by atoms with Gasteiger partial charge in [-0.25, -0.2) is 0 Å². The quantitative estimate of drug-likeness (QED) is 0.668. The van der Waals surface area contributed by atoms with E-state index in [-0.39, 0.29) is 18.2 Å². The van der Waals surface area contributed by atoms with Crippen LogP contribution in [0.2, 0.25) is 0 Å². The smallest absolute Gasteiger partial charge is 0.306 e. The van der Waals surface area contributed by atoms with E-state index in [9.17, 15) is 4.79 Å². The minimum Gasteiger partial charge on any atom is -0.491 e. The van der Waals surface area contributed by atoms with E-state index in [0.29, 0.717) is 6.42 Å². The van der Waals surface area contributed by atoms with Crippen molar-refractivity contribution in [2.75, 3.05) is 0 Å². The third-order valence-electron chi connectivity index (χ3n) is 4.17. The van der Waals surface area contributed by atoms with Crippen LogP contribution < -0.4 is 0 Å². The van der Waals surface area contributed by atoms with Crippen LogP contribution in [0, 0.1) is 0 Å². The number of unbranched alkanes of at least 4 members (excludes halogenated alkanes) is 1. The predicted molar refractivity (Wildman–Crippen MR) is 96.5 cm³/mol. The molecule has 0 fully saturated rings. The Kier molecular flexibility index (Phi) is 4.89. The highest BCUT2D eigenvalue weighted by Gasteiger charge is 2.26. The van der Waals surface area contributed by atoms with Crippen LogP contribution in [-0.4, -0.2) is 12.1 Å². The largest absolute Gasteiger partial charge is 0.491 e. The molecule has 0 heterocycles. The van der Waals surface area contributed by atoms with Crippen LogP contribution >= 0.6 is 0 Å². The molecule has 3 nitrogen and oxygen atoms in total. The number of benzene rings is 2. The Labute approximate surface area is 143 Å². The van der Waals surface area contributed by atoms with Gasteiger partial charge in [0.05, 0.1) is 6.10 Å². The summed E-state index contributed by atoms with van der Waals surface area (Å²) in [5.74, 6) is 0.640. The van der Waals surface area contributed by atoms with E-state index in [1.165, 1.54) is 0 Å². The summed E-state index contributed by atoms with van der Waals surface area (Å²) >= 11 is 0. The number of hydrogen-bond acceptors (Lipinski definition) is 3. The predicted octanol–water partition coefficient (Wildman–Crippen LogP) is 5.39. The average molecular weight is 324 g/mol. The molecule has 0 aliphatic heterocycles. The van der Waals surface area contributed by atoms with Crippen molar-refractivity contribution in [1.29, 1.82) is 0 Å². The molecule has 2 aromatic carbocycles. The van der Waals surface area contributed by atoms with Crippen LogP contribution in [-0.2, 0) is 14.3 Å². The zero-order chi connectivity index (χ0) is 17.1. The van der Waals surface area contributed by atoms with Crippen molar-refractivity contribution >= 4 is 22.5 Å². The van der Waals surface area contributed by atoms with E-state index in [1.807, 2.05) is 38.1 Å². The Morgan fingerprint density at radius 3 is 2.62 bits per heavy atom. The van der Waals surface area contributed by atoms with E-state index in [2.05, 4.69) is 25.1 Å². The topological polar surface area (TPSA) is 35.5 Å². The highest BCUT2D eigenvalue weighted by atomic mass is 16.5. The molecule has 0 bridgehead atoms. The fourth-order valence-corrected chi connectivity index (χ4v) is 3.11. The van der Waals surface area contributed by atoms with Gasteiger partial charge in [-0.3, -0.25) is 4.79 Å². The Morgan fingerprint density at radius 2 is 1.92 bits per heavy atom. The molecular formula is C21H24O3. The van der Waals surface area contributed by atoms with Gasteiger partial charge in [0.15, 0.2) is 0 Å². The lowest BCUT2D eigenvalue weighted by molar-refractivity contribution is -0.147. The molecule has 1 aliphatic carbocycles. The molecule has 3 rings (SSSR count). The molecule has 0 aromatic heterocycles. The zero-order valence-electron chi connectivity index (χ0n) is 14.5. The zero-order valence-corrected chi connectivity index (χ0v) is 14.5. The monoisotopic (exact) mass is 324 g/mol. The first-order chi connectivity index (χ1) is 11.6. The minimum atomic E-state index is -0.387. The molecule has 1 atom stereocenters. The lowest BCUT2D eigenvalue weighted by Gasteiger charge is -2.26. The van der Waals surface area contributed by atoms with Gasteiger partial charge in [-0.05, 0) is 31.0 Å². The van der Waals surface area contributed by atoms with Gasteiger partial charge in [-0.15, -0.1) is 0 Å². The van der Waals surface area contributed by atoms with E-state index in [4.69, 9.17) is 9.47 Å². The first-order valence-electron chi connectivity index (χ1n) is 8.70. The van der Waals surface area contributed by atoms with Crippen molar-refractivity contribution < 1.29 is 14.3 Å². The Morgan fingerprint density at radius 1 is 1.17 bits per heavy atom. The van der Waals surface area contributed by atoms with Gasteiger partial charge < -0.3 is 9.47 Å². The van der Waals surface area contributed by atoms with Gasteiger partial charge in [-0.2, -0.15) is 0 Å². The maximum atomic E-state index is 12.1. The average Bonchev–Trinajstić information content (AvgIpc) is 2.56. The number of carbonyl (C=O) groups is 1. The molecule has 0 amide bonds. The number of carbonyl (C=O) groups excluding carboxylic acids is 1. The van der Waals surface area contributed by atoms with Crippen LogP contribution in [0.15, 0.2) is 42.5 Å². The standard InChI is InChI=1S/C21H24O3/c1-4-5-12-20(22)24-19-13-18(23-14(2)3)16-10-6-8-15-9-7-11-17(19)21(15)16/h6-11,13-14,19H,4-5,12H2,1-3H3. The second-order valence-corrected chi connectivity index (χ2v) is 6.46. The van der Waals surface area contributed by atoms with Crippen molar-refractivity contribution in [1.82, 2.24) is 0 Å². The highest BCUT2D eigenvalue weighted by molar-refractivity contribution is 5.97. The van der Waals surface area contributed by atoms with Crippen LogP contribution in [0.5, 0.6) is 0 Å². The third-order valence-corrected chi connectivity index (χ3v) is 4.17. The molecule has 0 N–H and O–H groups in total. The number of hydrogen-bond donors (Lipinski definition) is 0. The maximum absolute atomic E-state index is 12.1. The number of ether oxygens (including phenoxy) is 2. The number of rotatable bonds is 6. The Bertz CT molecular complexity index is 768. The second-order valence-electron chi connectivity index (χ2n) is 6.46. The van der Waals surface area contributed by atoms with Gasteiger partial charge in [-0.1, -0.05) is 49.7 Å².